The Morgan fingerprint density at radius 1 is 1.00 bits per heavy atom. The van der Waals surface area contributed by atoms with E-state index in [4.69, 9.17) is 34.8 Å². The highest BCUT2D eigenvalue weighted by molar-refractivity contribution is 6.45. The molecule has 0 heterocycles. The smallest absolute Gasteiger partial charge is 0.166 e. The van der Waals surface area contributed by atoms with Crippen molar-refractivity contribution >= 4 is 34.8 Å². The lowest BCUT2D eigenvalue weighted by Crippen LogP contribution is -2.08. The van der Waals surface area contributed by atoms with Crippen LogP contribution in [-0.2, 0) is 6.18 Å². The fourth-order valence-corrected chi connectivity index (χ4v) is 2.70. The third kappa shape index (κ3) is 2.90. The average Bonchev–Trinajstić information content (AvgIpc) is 2.32. The maximum atomic E-state index is 13.1. The number of hydrogen-bond acceptors (Lipinski definition) is 0. The number of rotatable bonds is 1. The van der Waals surface area contributed by atoms with Crippen molar-refractivity contribution in [3.63, 3.8) is 0 Å². The first kappa shape index (κ1) is 15.5. The molecule has 0 unspecified atom stereocenters. The summed E-state index contributed by atoms with van der Waals surface area (Å²) in [5.41, 5.74) is -0.151. The standard InChI is InChI=1S/C14H8Cl3F3/c1-7-3-2-4-10(14(18,19)20)12(7)9-5-8(15)6-11(16)13(9)17/h2-6H,1H3. The molecule has 20 heavy (non-hydrogen) atoms. The van der Waals surface area contributed by atoms with Crippen LogP contribution in [0.25, 0.3) is 11.1 Å². The Morgan fingerprint density at radius 2 is 1.65 bits per heavy atom. The van der Waals surface area contributed by atoms with E-state index >= 15 is 0 Å². The van der Waals surface area contributed by atoms with Gasteiger partial charge in [-0.25, -0.2) is 0 Å². The van der Waals surface area contributed by atoms with Crippen LogP contribution in [0.2, 0.25) is 15.1 Å². The molecule has 2 rings (SSSR count). The minimum absolute atomic E-state index is 0.00519. The highest BCUT2D eigenvalue weighted by Gasteiger charge is 2.34. The Bertz CT molecular complexity index is 663. The van der Waals surface area contributed by atoms with Crippen molar-refractivity contribution in [2.45, 2.75) is 13.1 Å². The van der Waals surface area contributed by atoms with Crippen molar-refractivity contribution in [3.8, 4) is 11.1 Å². The molecule has 0 bridgehead atoms. The summed E-state index contributed by atoms with van der Waals surface area (Å²) in [5, 5.41) is 0.396. The van der Waals surface area contributed by atoms with Crippen LogP contribution >= 0.6 is 34.8 Å². The van der Waals surface area contributed by atoms with Crippen molar-refractivity contribution in [1.29, 1.82) is 0 Å². The van der Waals surface area contributed by atoms with Gasteiger partial charge >= 0.3 is 6.18 Å². The lowest BCUT2D eigenvalue weighted by atomic mass is 9.94. The molecule has 0 aliphatic rings. The van der Waals surface area contributed by atoms with E-state index in [1.165, 1.54) is 18.2 Å². The number of aryl methyl sites for hydroxylation is 1. The van der Waals surface area contributed by atoms with E-state index in [0.29, 0.717) is 5.56 Å². The zero-order valence-corrected chi connectivity index (χ0v) is 12.4. The minimum atomic E-state index is -4.49. The maximum Gasteiger partial charge on any atom is 0.417 e. The average molecular weight is 340 g/mol. The van der Waals surface area contributed by atoms with Crippen molar-refractivity contribution in [2.75, 3.05) is 0 Å². The fourth-order valence-electron chi connectivity index (χ4n) is 2.00. The van der Waals surface area contributed by atoms with E-state index in [9.17, 15) is 13.2 Å². The molecule has 0 aliphatic heterocycles. The molecule has 0 aliphatic carbocycles. The van der Waals surface area contributed by atoms with Gasteiger partial charge in [-0.2, -0.15) is 13.2 Å². The van der Waals surface area contributed by atoms with Crippen LogP contribution in [0.4, 0.5) is 13.2 Å². The van der Waals surface area contributed by atoms with Crippen LogP contribution < -0.4 is 0 Å². The first-order valence-corrected chi connectivity index (χ1v) is 6.67. The van der Waals surface area contributed by atoms with Crippen LogP contribution in [0.15, 0.2) is 30.3 Å². The van der Waals surface area contributed by atoms with Gasteiger partial charge < -0.3 is 0 Å². The lowest BCUT2D eigenvalue weighted by Gasteiger charge is -2.17. The Morgan fingerprint density at radius 3 is 2.25 bits per heavy atom. The van der Waals surface area contributed by atoms with Gasteiger partial charge in [-0.15, -0.1) is 0 Å². The third-order valence-electron chi connectivity index (χ3n) is 2.84. The fraction of sp³-hybridized carbons (Fsp3) is 0.143. The van der Waals surface area contributed by atoms with Gasteiger partial charge in [0.05, 0.1) is 15.6 Å². The monoisotopic (exact) mass is 338 g/mol. The highest BCUT2D eigenvalue weighted by atomic mass is 35.5. The van der Waals surface area contributed by atoms with E-state index < -0.39 is 11.7 Å². The first-order valence-electron chi connectivity index (χ1n) is 5.53. The van der Waals surface area contributed by atoms with Crippen LogP contribution in [-0.4, -0.2) is 0 Å². The van der Waals surface area contributed by atoms with E-state index in [-0.39, 0.29) is 26.2 Å². The molecular weight excluding hydrogens is 332 g/mol. The van der Waals surface area contributed by atoms with E-state index in [0.717, 1.165) is 6.07 Å². The molecule has 0 aromatic heterocycles. The molecule has 0 saturated carbocycles. The molecule has 0 N–H and O–H groups in total. The molecule has 106 valence electrons. The maximum absolute atomic E-state index is 13.1. The van der Waals surface area contributed by atoms with Crippen molar-refractivity contribution < 1.29 is 13.2 Å². The van der Waals surface area contributed by atoms with Gasteiger partial charge in [0.15, 0.2) is 0 Å². The van der Waals surface area contributed by atoms with E-state index in [1.807, 2.05) is 0 Å². The summed E-state index contributed by atoms with van der Waals surface area (Å²) in [5.74, 6) is 0. The third-order valence-corrected chi connectivity index (χ3v) is 3.86. The largest absolute Gasteiger partial charge is 0.417 e. The topological polar surface area (TPSA) is 0 Å². The second kappa shape index (κ2) is 5.47. The second-order valence-electron chi connectivity index (χ2n) is 4.24. The summed E-state index contributed by atoms with van der Waals surface area (Å²) in [6, 6.07) is 6.71. The van der Waals surface area contributed by atoms with Crippen molar-refractivity contribution in [1.82, 2.24) is 0 Å². The predicted octanol–water partition coefficient (Wildman–Crippen LogP) is 6.64. The Labute approximate surface area is 129 Å². The van der Waals surface area contributed by atoms with Gasteiger partial charge in [-0.3, -0.25) is 0 Å². The van der Waals surface area contributed by atoms with Gasteiger partial charge in [0.2, 0.25) is 0 Å². The molecule has 2 aromatic rings. The molecular formula is C14H8Cl3F3. The zero-order valence-electron chi connectivity index (χ0n) is 10.2. The van der Waals surface area contributed by atoms with Gasteiger partial charge in [0, 0.05) is 10.6 Å². The second-order valence-corrected chi connectivity index (χ2v) is 5.47. The number of alkyl halides is 3. The lowest BCUT2D eigenvalue weighted by molar-refractivity contribution is -0.137. The molecule has 2 aromatic carbocycles. The summed E-state index contributed by atoms with van der Waals surface area (Å²) in [6.07, 6.45) is -4.49. The SMILES string of the molecule is Cc1cccc(C(F)(F)F)c1-c1cc(Cl)cc(Cl)c1Cl. The Kier molecular flexibility index (Phi) is 4.24. The van der Waals surface area contributed by atoms with E-state index in [1.54, 1.807) is 13.0 Å². The molecule has 0 atom stereocenters. The predicted molar refractivity (Wildman–Crippen MR) is 76.6 cm³/mol. The minimum Gasteiger partial charge on any atom is -0.166 e. The Balaban J connectivity index is 2.83. The summed E-state index contributed by atoms with van der Waals surface area (Å²) < 4.78 is 39.4. The number of benzene rings is 2. The van der Waals surface area contributed by atoms with Crippen molar-refractivity contribution in [3.05, 3.63) is 56.5 Å². The molecule has 0 radical (unpaired) electrons. The van der Waals surface area contributed by atoms with Crippen molar-refractivity contribution in [2.24, 2.45) is 0 Å². The van der Waals surface area contributed by atoms with Gasteiger partial charge in [0.25, 0.3) is 0 Å². The molecule has 6 heteroatoms. The summed E-state index contributed by atoms with van der Waals surface area (Å²) in [6.45, 7) is 1.58. The molecule has 0 nitrogen and oxygen atoms in total. The number of halogens is 6. The van der Waals surface area contributed by atoms with Crippen LogP contribution in [0.1, 0.15) is 11.1 Å². The normalized spacial score (nSPS) is 11.8. The number of hydrogen-bond donors (Lipinski definition) is 0. The van der Waals surface area contributed by atoms with Gasteiger partial charge in [-0.05, 0) is 36.2 Å². The zero-order chi connectivity index (χ0) is 15.1. The Hall–Kier alpha value is -0.900. The molecule has 0 amide bonds. The van der Waals surface area contributed by atoms with Gasteiger partial charge in [0.1, 0.15) is 0 Å². The van der Waals surface area contributed by atoms with Gasteiger partial charge in [-0.1, -0.05) is 46.9 Å². The summed E-state index contributed by atoms with van der Waals surface area (Å²) in [7, 11) is 0. The molecule has 0 spiro atoms. The summed E-state index contributed by atoms with van der Waals surface area (Å²) in [4.78, 5) is 0. The van der Waals surface area contributed by atoms with Crippen LogP contribution in [0.3, 0.4) is 0 Å². The van der Waals surface area contributed by atoms with E-state index in [2.05, 4.69) is 0 Å². The van der Waals surface area contributed by atoms with Crippen LogP contribution in [0.5, 0.6) is 0 Å². The molecule has 0 fully saturated rings. The van der Waals surface area contributed by atoms with Crippen LogP contribution in [0, 0.1) is 6.92 Å². The quantitative estimate of drug-likeness (QED) is 0.511. The highest BCUT2D eigenvalue weighted by Crippen LogP contribution is 2.43. The first-order chi connectivity index (χ1) is 9.21. The molecule has 0 saturated heterocycles. The summed E-state index contributed by atoms with van der Waals surface area (Å²) >= 11 is 17.8.